The van der Waals surface area contributed by atoms with Crippen molar-refractivity contribution >= 4 is 61.8 Å². The van der Waals surface area contributed by atoms with Crippen LogP contribution in [0, 0.1) is 20.8 Å². The van der Waals surface area contributed by atoms with Gasteiger partial charge < -0.3 is 0 Å². The van der Waals surface area contributed by atoms with Gasteiger partial charge in [-0.1, -0.05) is 18.2 Å². The second kappa shape index (κ2) is 7.89. The van der Waals surface area contributed by atoms with E-state index in [-0.39, 0.29) is 5.91 Å². The number of aromatic nitrogens is 2. The molecule has 0 unspecified atom stereocenters. The van der Waals surface area contributed by atoms with Gasteiger partial charge in [-0.2, -0.15) is 0 Å². The SMILES string of the molecule is CC(=O)N(c1nc(/C=C/c2nc3cc(C)ccc3s2)cs1)c1cccc(C)c1C. The molecule has 2 aromatic carbocycles. The van der Waals surface area contributed by atoms with Crippen molar-refractivity contribution < 1.29 is 4.79 Å². The first-order valence-electron chi connectivity index (χ1n) is 9.30. The molecule has 2 aromatic heterocycles. The molecular formula is C23H21N3OS2. The molecule has 4 rings (SSSR count). The van der Waals surface area contributed by atoms with Crippen LogP contribution in [-0.2, 0) is 4.79 Å². The van der Waals surface area contributed by atoms with E-state index in [1.165, 1.54) is 21.6 Å². The minimum Gasteiger partial charge on any atom is -0.274 e. The van der Waals surface area contributed by atoms with Crippen LogP contribution in [0.5, 0.6) is 0 Å². The van der Waals surface area contributed by atoms with E-state index in [9.17, 15) is 4.79 Å². The van der Waals surface area contributed by atoms with Crippen LogP contribution in [0.2, 0.25) is 0 Å². The quantitative estimate of drug-likeness (QED) is 0.378. The molecule has 0 saturated heterocycles. The summed E-state index contributed by atoms with van der Waals surface area (Å²) in [5, 5.41) is 3.58. The Morgan fingerprint density at radius 3 is 2.69 bits per heavy atom. The van der Waals surface area contributed by atoms with Gasteiger partial charge >= 0.3 is 0 Å². The molecule has 0 atom stereocenters. The minimum absolute atomic E-state index is 0.0508. The lowest BCUT2D eigenvalue weighted by molar-refractivity contribution is -0.115. The van der Waals surface area contributed by atoms with Crippen molar-refractivity contribution in [2.45, 2.75) is 27.7 Å². The van der Waals surface area contributed by atoms with Gasteiger partial charge in [-0.25, -0.2) is 9.97 Å². The monoisotopic (exact) mass is 419 g/mol. The maximum atomic E-state index is 12.4. The Morgan fingerprint density at radius 1 is 1.07 bits per heavy atom. The maximum absolute atomic E-state index is 12.4. The summed E-state index contributed by atoms with van der Waals surface area (Å²) in [6.07, 6.45) is 3.93. The third-order valence-corrected chi connectivity index (χ3v) is 6.63. The number of rotatable bonds is 4. The van der Waals surface area contributed by atoms with Crippen LogP contribution in [0.1, 0.15) is 34.3 Å². The van der Waals surface area contributed by atoms with Gasteiger partial charge in [0.2, 0.25) is 5.91 Å². The van der Waals surface area contributed by atoms with E-state index in [4.69, 9.17) is 0 Å². The summed E-state index contributed by atoms with van der Waals surface area (Å²) >= 11 is 3.12. The molecule has 0 fully saturated rings. The molecule has 0 aliphatic rings. The summed E-state index contributed by atoms with van der Waals surface area (Å²) in [6, 6.07) is 12.3. The van der Waals surface area contributed by atoms with Gasteiger partial charge in [-0.3, -0.25) is 9.69 Å². The summed E-state index contributed by atoms with van der Waals surface area (Å²) < 4.78 is 1.17. The van der Waals surface area contributed by atoms with Crippen LogP contribution in [-0.4, -0.2) is 15.9 Å². The molecule has 146 valence electrons. The van der Waals surface area contributed by atoms with Crippen molar-refractivity contribution in [1.82, 2.24) is 9.97 Å². The predicted octanol–water partition coefficient (Wildman–Crippen LogP) is 6.53. The number of benzene rings is 2. The standard InChI is InChI=1S/C23H21N3OS2/c1-14-8-10-21-19(12-14)25-22(29-21)11-9-18-13-28-23(24-18)26(17(4)27)20-7-5-6-15(2)16(20)3/h5-13H,1-4H3/b11-9+. The molecule has 6 heteroatoms. The van der Waals surface area contributed by atoms with Crippen LogP contribution in [0.15, 0.2) is 41.8 Å². The molecule has 1 amide bonds. The van der Waals surface area contributed by atoms with Gasteiger partial charge in [-0.15, -0.1) is 22.7 Å². The number of aryl methyl sites for hydroxylation is 2. The fourth-order valence-electron chi connectivity index (χ4n) is 3.12. The Bertz CT molecular complexity index is 1240. The minimum atomic E-state index is -0.0508. The second-order valence-corrected chi connectivity index (χ2v) is 8.88. The Hall–Kier alpha value is -2.83. The first-order valence-corrected chi connectivity index (χ1v) is 11.0. The van der Waals surface area contributed by atoms with E-state index in [2.05, 4.69) is 35.1 Å². The molecular weight excluding hydrogens is 398 g/mol. The highest BCUT2D eigenvalue weighted by atomic mass is 32.1. The Kier molecular flexibility index (Phi) is 5.30. The lowest BCUT2D eigenvalue weighted by Crippen LogP contribution is -2.23. The number of amides is 1. The molecule has 0 spiro atoms. The molecule has 0 bridgehead atoms. The second-order valence-electron chi connectivity index (χ2n) is 6.99. The van der Waals surface area contributed by atoms with Gasteiger partial charge in [0.25, 0.3) is 0 Å². The molecule has 0 radical (unpaired) electrons. The van der Waals surface area contributed by atoms with E-state index < -0.39 is 0 Å². The van der Waals surface area contributed by atoms with Crippen molar-refractivity contribution in [3.8, 4) is 0 Å². The number of carbonyl (C=O) groups excluding carboxylic acids is 1. The average Bonchev–Trinajstić information content (AvgIpc) is 3.29. The summed E-state index contributed by atoms with van der Waals surface area (Å²) in [6.45, 7) is 7.72. The summed E-state index contributed by atoms with van der Waals surface area (Å²) in [7, 11) is 0. The largest absolute Gasteiger partial charge is 0.274 e. The van der Waals surface area contributed by atoms with Gasteiger partial charge in [0, 0.05) is 12.3 Å². The van der Waals surface area contributed by atoms with E-state index in [1.807, 2.05) is 49.6 Å². The van der Waals surface area contributed by atoms with Crippen LogP contribution in [0.25, 0.3) is 22.4 Å². The highest BCUT2D eigenvalue weighted by Gasteiger charge is 2.19. The van der Waals surface area contributed by atoms with E-state index in [0.717, 1.165) is 33.0 Å². The third-order valence-electron chi connectivity index (χ3n) is 4.79. The zero-order valence-electron chi connectivity index (χ0n) is 16.8. The molecule has 0 aliphatic carbocycles. The lowest BCUT2D eigenvalue weighted by atomic mass is 10.1. The van der Waals surface area contributed by atoms with Crippen molar-refractivity contribution in [3.05, 3.63) is 69.2 Å². The summed E-state index contributed by atoms with van der Waals surface area (Å²) in [4.78, 5) is 23.4. The zero-order valence-corrected chi connectivity index (χ0v) is 18.4. The van der Waals surface area contributed by atoms with Crippen LogP contribution in [0.4, 0.5) is 10.8 Å². The summed E-state index contributed by atoms with van der Waals surface area (Å²) in [5.41, 5.74) is 6.15. The fraction of sp³-hybridized carbons (Fsp3) is 0.174. The number of carbonyl (C=O) groups is 1. The van der Waals surface area contributed by atoms with Gasteiger partial charge in [0.05, 0.1) is 21.6 Å². The van der Waals surface area contributed by atoms with Crippen LogP contribution < -0.4 is 4.90 Å². The number of fused-ring (bicyclic) bond motifs is 1. The van der Waals surface area contributed by atoms with Crippen molar-refractivity contribution in [1.29, 1.82) is 0 Å². The van der Waals surface area contributed by atoms with Gasteiger partial charge in [0.1, 0.15) is 5.01 Å². The van der Waals surface area contributed by atoms with Gasteiger partial charge in [0.15, 0.2) is 5.13 Å². The smallest absolute Gasteiger partial charge is 0.230 e. The molecule has 0 saturated carbocycles. The number of anilines is 2. The molecule has 0 N–H and O–H groups in total. The Morgan fingerprint density at radius 2 is 1.90 bits per heavy atom. The zero-order chi connectivity index (χ0) is 20.5. The van der Waals surface area contributed by atoms with Crippen molar-refractivity contribution in [2.75, 3.05) is 4.90 Å². The summed E-state index contributed by atoms with van der Waals surface area (Å²) in [5.74, 6) is -0.0508. The van der Waals surface area contributed by atoms with Gasteiger partial charge in [-0.05, 0) is 67.8 Å². The van der Waals surface area contributed by atoms with E-state index >= 15 is 0 Å². The first-order chi connectivity index (χ1) is 13.9. The predicted molar refractivity (Wildman–Crippen MR) is 124 cm³/mol. The fourth-order valence-corrected chi connectivity index (χ4v) is 4.82. The number of hydrogen-bond acceptors (Lipinski definition) is 5. The van der Waals surface area contributed by atoms with E-state index in [1.54, 1.807) is 23.2 Å². The number of nitrogens with zero attached hydrogens (tertiary/aromatic N) is 3. The Balaban J connectivity index is 1.62. The third kappa shape index (κ3) is 3.99. The van der Waals surface area contributed by atoms with Crippen molar-refractivity contribution in [3.63, 3.8) is 0 Å². The molecule has 4 aromatic rings. The van der Waals surface area contributed by atoms with Crippen molar-refractivity contribution in [2.24, 2.45) is 0 Å². The van der Waals surface area contributed by atoms with E-state index in [0.29, 0.717) is 5.13 Å². The number of hydrogen-bond donors (Lipinski definition) is 0. The lowest BCUT2D eigenvalue weighted by Gasteiger charge is -2.21. The topological polar surface area (TPSA) is 46.1 Å². The average molecular weight is 420 g/mol. The first kappa shape index (κ1) is 19.5. The molecule has 2 heterocycles. The molecule has 0 aliphatic heterocycles. The Labute approximate surface area is 178 Å². The normalized spacial score (nSPS) is 11.4. The number of thiazole rings is 2. The van der Waals surface area contributed by atoms with Crippen LogP contribution in [0.3, 0.4) is 0 Å². The van der Waals surface area contributed by atoms with Crippen LogP contribution >= 0.6 is 22.7 Å². The highest BCUT2D eigenvalue weighted by molar-refractivity contribution is 7.19. The molecule has 29 heavy (non-hydrogen) atoms. The highest BCUT2D eigenvalue weighted by Crippen LogP contribution is 2.33. The molecule has 4 nitrogen and oxygen atoms in total. The maximum Gasteiger partial charge on any atom is 0.230 e.